The van der Waals surface area contributed by atoms with Crippen LogP contribution in [-0.2, 0) is 0 Å². The van der Waals surface area contributed by atoms with Crippen molar-refractivity contribution in [2.24, 2.45) is 0 Å². The van der Waals surface area contributed by atoms with Crippen LogP contribution >= 0.6 is 0 Å². The molecule has 1 heterocycles. The molecule has 0 saturated carbocycles. The Morgan fingerprint density at radius 2 is 2.10 bits per heavy atom. The summed E-state index contributed by atoms with van der Waals surface area (Å²) >= 11 is 0. The highest BCUT2D eigenvalue weighted by Crippen LogP contribution is 2.24. The predicted octanol–water partition coefficient (Wildman–Crippen LogP) is 2.67. The van der Waals surface area contributed by atoms with E-state index in [4.69, 9.17) is 0 Å². The molecule has 1 unspecified atom stereocenters. The summed E-state index contributed by atoms with van der Waals surface area (Å²) in [5.74, 6) is 0.156. The second-order valence-corrected chi connectivity index (χ2v) is 6.40. The third-order valence-corrected chi connectivity index (χ3v) is 3.82. The lowest BCUT2D eigenvalue weighted by Gasteiger charge is -2.28. The van der Waals surface area contributed by atoms with E-state index in [-0.39, 0.29) is 5.91 Å². The van der Waals surface area contributed by atoms with Gasteiger partial charge in [-0.1, -0.05) is 12.1 Å². The molecule has 1 aliphatic heterocycles. The minimum Gasteiger partial charge on any atom is -0.382 e. The number of nitrogens with one attached hydrogen (secondary N) is 1. The number of hydrogen-bond donors (Lipinski definition) is 1. The number of amides is 1. The zero-order valence-electron chi connectivity index (χ0n) is 13.6. The van der Waals surface area contributed by atoms with E-state index in [0.29, 0.717) is 12.1 Å². The van der Waals surface area contributed by atoms with Crippen LogP contribution in [0.25, 0.3) is 0 Å². The summed E-state index contributed by atoms with van der Waals surface area (Å²) in [6.07, 6.45) is 2.20. The first-order valence-electron chi connectivity index (χ1n) is 7.80. The van der Waals surface area contributed by atoms with E-state index in [1.165, 1.54) is 0 Å². The Kier molecular flexibility index (Phi) is 5.23. The average Bonchev–Trinajstić information content (AvgIpc) is 2.85. The number of likely N-dealkylation sites (N-methyl/N-ethyl adjacent to an activating group) is 1. The molecule has 0 spiro atoms. The maximum atomic E-state index is 12.9. The van der Waals surface area contributed by atoms with Gasteiger partial charge in [0.2, 0.25) is 0 Å². The van der Waals surface area contributed by atoms with Crippen LogP contribution < -0.4 is 5.32 Å². The summed E-state index contributed by atoms with van der Waals surface area (Å²) in [5, 5.41) is 3.38. The van der Waals surface area contributed by atoms with Gasteiger partial charge < -0.3 is 15.1 Å². The predicted molar refractivity (Wildman–Crippen MR) is 87.8 cm³/mol. The second kappa shape index (κ2) is 6.94. The van der Waals surface area contributed by atoms with Crippen molar-refractivity contribution in [2.75, 3.05) is 32.5 Å². The summed E-state index contributed by atoms with van der Waals surface area (Å²) in [6, 6.07) is 8.48. The third kappa shape index (κ3) is 3.97. The summed E-state index contributed by atoms with van der Waals surface area (Å²) in [4.78, 5) is 17.1. The lowest BCUT2D eigenvalue weighted by molar-refractivity contribution is 0.0717. The van der Waals surface area contributed by atoms with Gasteiger partial charge in [0, 0.05) is 30.9 Å². The molecule has 1 aliphatic rings. The van der Waals surface area contributed by atoms with E-state index in [2.05, 4.69) is 38.2 Å². The largest absolute Gasteiger partial charge is 0.382 e. The smallest absolute Gasteiger partial charge is 0.256 e. The van der Waals surface area contributed by atoms with Gasteiger partial charge >= 0.3 is 0 Å². The molecule has 1 saturated heterocycles. The van der Waals surface area contributed by atoms with Gasteiger partial charge in [0.05, 0.1) is 5.56 Å². The van der Waals surface area contributed by atoms with Crippen LogP contribution in [-0.4, -0.2) is 55.0 Å². The van der Waals surface area contributed by atoms with Crippen LogP contribution in [0.1, 0.15) is 37.0 Å². The molecule has 4 nitrogen and oxygen atoms in total. The van der Waals surface area contributed by atoms with E-state index in [0.717, 1.165) is 37.2 Å². The number of nitrogens with zero attached hydrogens (tertiary/aromatic N) is 2. The molecule has 116 valence electrons. The van der Waals surface area contributed by atoms with Gasteiger partial charge in [-0.15, -0.1) is 0 Å². The standard InChI is InChI=1S/C17H27N3O/c1-13(2)18-16-10-6-5-9-15(16)17(21)20-11-7-8-14(20)12-19(3)4/h5-6,9-10,13-14,18H,7-8,11-12H2,1-4H3. The summed E-state index contributed by atoms with van der Waals surface area (Å²) in [7, 11) is 4.13. The molecule has 1 aromatic rings. The van der Waals surface area contributed by atoms with Gasteiger partial charge in [-0.3, -0.25) is 4.79 Å². The topological polar surface area (TPSA) is 35.6 Å². The number of para-hydroxylation sites is 1. The van der Waals surface area contributed by atoms with Gasteiger partial charge in [-0.2, -0.15) is 0 Å². The third-order valence-electron chi connectivity index (χ3n) is 3.82. The van der Waals surface area contributed by atoms with E-state index >= 15 is 0 Å². The van der Waals surface area contributed by atoms with E-state index < -0.39 is 0 Å². The molecule has 21 heavy (non-hydrogen) atoms. The molecule has 4 heteroatoms. The van der Waals surface area contributed by atoms with E-state index in [9.17, 15) is 4.79 Å². The van der Waals surface area contributed by atoms with Gasteiger partial charge in [0.15, 0.2) is 0 Å². The molecular weight excluding hydrogens is 262 g/mol. The molecule has 0 aliphatic carbocycles. The fourth-order valence-electron chi connectivity index (χ4n) is 2.98. The summed E-state index contributed by atoms with van der Waals surface area (Å²) < 4.78 is 0. The van der Waals surface area contributed by atoms with Crippen LogP contribution in [0.4, 0.5) is 5.69 Å². The van der Waals surface area contributed by atoms with Crippen molar-refractivity contribution in [2.45, 2.75) is 38.8 Å². The number of hydrogen-bond acceptors (Lipinski definition) is 3. The normalized spacial score (nSPS) is 18.6. The van der Waals surface area contributed by atoms with Crippen LogP contribution in [0.15, 0.2) is 24.3 Å². The van der Waals surface area contributed by atoms with E-state index in [1.807, 2.05) is 29.2 Å². The molecule has 1 fully saturated rings. The first kappa shape index (κ1) is 15.8. The maximum Gasteiger partial charge on any atom is 0.256 e. The fraction of sp³-hybridized carbons (Fsp3) is 0.588. The second-order valence-electron chi connectivity index (χ2n) is 6.40. The van der Waals surface area contributed by atoms with Gasteiger partial charge in [-0.05, 0) is 52.9 Å². The highest BCUT2D eigenvalue weighted by Gasteiger charge is 2.30. The Balaban J connectivity index is 2.19. The Hall–Kier alpha value is -1.55. The van der Waals surface area contributed by atoms with Crippen molar-refractivity contribution < 1.29 is 4.79 Å². The number of carbonyl (C=O) groups excluding carboxylic acids is 1. The SMILES string of the molecule is CC(C)Nc1ccccc1C(=O)N1CCCC1CN(C)C. The highest BCUT2D eigenvalue weighted by atomic mass is 16.2. The fourth-order valence-corrected chi connectivity index (χ4v) is 2.98. The van der Waals surface area contributed by atoms with Gasteiger partial charge in [-0.25, -0.2) is 0 Å². The number of rotatable bonds is 5. The Morgan fingerprint density at radius 1 is 1.38 bits per heavy atom. The first-order valence-corrected chi connectivity index (χ1v) is 7.80. The minimum absolute atomic E-state index is 0.156. The molecule has 0 radical (unpaired) electrons. The van der Waals surface area contributed by atoms with Crippen molar-refractivity contribution in [1.82, 2.24) is 9.80 Å². The molecule has 2 rings (SSSR count). The Bertz CT molecular complexity index is 485. The average molecular weight is 289 g/mol. The monoisotopic (exact) mass is 289 g/mol. The highest BCUT2D eigenvalue weighted by molar-refractivity contribution is 6.00. The molecule has 1 aromatic carbocycles. The number of carbonyl (C=O) groups is 1. The first-order chi connectivity index (χ1) is 9.99. The van der Waals surface area contributed by atoms with Crippen LogP contribution in [0.3, 0.4) is 0 Å². The van der Waals surface area contributed by atoms with Crippen molar-refractivity contribution in [3.05, 3.63) is 29.8 Å². The quantitative estimate of drug-likeness (QED) is 0.905. The lowest BCUT2D eigenvalue weighted by atomic mass is 10.1. The molecule has 1 N–H and O–H groups in total. The molecular formula is C17H27N3O. The van der Waals surface area contributed by atoms with E-state index in [1.54, 1.807) is 0 Å². The minimum atomic E-state index is 0.156. The number of likely N-dealkylation sites (tertiary alicyclic amines) is 1. The molecule has 0 aromatic heterocycles. The zero-order chi connectivity index (χ0) is 15.4. The molecule has 1 amide bonds. The Labute approximate surface area is 128 Å². The van der Waals surface area contributed by atoms with Crippen molar-refractivity contribution in [3.63, 3.8) is 0 Å². The molecule has 1 atom stereocenters. The number of benzene rings is 1. The van der Waals surface area contributed by atoms with Crippen molar-refractivity contribution >= 4 is 11.6 Å². The zero-order valence-corrected chi connectivity index (χ0v) is 13.6. The summed E-state index contributed by atoms with van der Waals surface area (Å²) in [5.41, 5.74) is 1.73. The Morgan fingerprint density at radius 3 is 2.76 bits per heavy atom. The van der Waals surface area contributed by atoms with Crippen LogP contribution in [0.2, 0.25) is 0 Å². The van der Waals surface area contributed by atoms with Crippen molar-refractivity contribution in [1.29, 1.82) is 0 Å². The lowest BCUT2D eigenvalue weighted by Crippen LogP contribution is -2.41. The van der Waals surface area contributed by atoms with Crippen molar-refractivity contribution in [3.8, 4) is 0 Å². The van der Waals surface area contributed by atoms with Crippen LogP contribution in [0, 0.1) is 0 Å². The maximum absolute atomic E-state index is 12.9. The van der Waals surface area contributed by atoms with Crippen LogP contribution in [0.5, 0.6) is 0 Å². The number of anilines is 1. The van der Waals surface area contributed by atoms with Gasteiger partial charge in [0.25, 0.3) is 5.91 Å². The summed E-state index contributed by atoms with van der Waals surface area (Å²) in [6.45, 7) is 5.98. The molecule has 0 bridgehead atoms. The van der Waals surface area contributed by atoms with Gasteiger partial charge in [0.1, 0.15) is 0 Å².